The van der Waals surface area contributed by atoms with Gasteiger partial charge in [-0.05, 0) is 66.2 Å². The second-order valence-corrected chi connectivity index (χ2v) is 13.1. The van der Waals surface area contributed by atoms with E-state index in [0.29, 0.717) is 5.56 Å². The summed E-state index contributed by atoms with van der Waals surface area (Å²) < 4.78 is 7.29. The van der Waals surface area contributed by atoms with Gasteiger partial charge in [0.1, 0.15) is 0 Å². The molecule has 0 spiro atoms. The largest absolute Gasteiger partial charge is 0.309 e. The van der Waals surface area contributed by atoms with Crippen molar-refractivity contribution in [3.05, 3.63) is 157 Å². The summed E-state index contributed by atoms with van der Waals surface area (Å²) in [5.74, 6) is 0. The minimum Gasteiger partial charge on any atom is -0.309 e. The molecule has 0 bridgehead atoms. The Bertz CT molecular complexity index is 2860. The molecular weight excluding hydrogens is 591 g/mol. The Labute approximate surface area is 274 Å². The number of rotatable bonds is 3. The van der Waals surface area contributed by atoms with E-state index < -0.39 is 0 Å². The maximum atomic E-state index is 9.98. The predicted octanol–water partition coefficient (Wildman–Crippen LogP) is 11.8. The van der Waals surface area contributed by atoms with Crippen molar-refractivity contribution in [2.24, 2.45) is 0 Å². The lowest BCUT2D eigenvalue weighted by atomic mass is 9.98. The minimum atomic E-state index is 0.647. The third-order valence-electron chi connectivity index (χ3n) is 9.54. The van der Waals surface area contributed by atoms with Gasteiger partial charge >= 0.3 is 0 Å². The van der Waals surface area contributed by atoms with Gasteiger partial charge in [0.05, 0.1) is 44.1 Å². The second-order valence-electron chi connectivity index (χ2n) is 12.1. The van der Waals surface area contributed by atoms with Gasteiger partial charge in [0.15, 0.2) is 0 Å². The third-order valence-corrected chi connectivity index (χ3v) is 10.7. The standard InChI is InChI=1S/C43H25N3S/c44-26-27-18-22-40(46-38-16-8-4-12-30(38)31-13-5-9-17-39(31)46)35(24-27)28-19-23-41-36(25-28)34-21-20-33-32-14-6-7-15-37(32)45(42(33)43(34)47-41)29-10-2-1-3-11-29/h1-25H. The number of benzene rings is 7. The monoisotopic (exact) mass is 615 g/mol. The average molecular weight is 616 g/mol. The fourth-order valence-corrected chi connectivity index (χ4v) is 8.73. The molecule has 3 nitrogen and oxygen atoms in total. The Balaban J connectivity index is 1.26. The summed E-state index contributed by atoms with van der Waals surface area (Å²) in [5.41, 5.74) is 9.76. The quantitative estimate of drug-likeness (QED) is 0.195. The van der Waals surface area contributed by atoms with E-state index in [1.807, 2.05) is 23.5 Å². The summed E-state index contributed by atoms with van der Waals surface area (Å²) in [6.45, 7) is 0. The minimum absolute atomic E-state index is 0.647. The highest BCUT2D eigenvalue weighted by atomic mass is 32.1. The number of hydrogen-bond donors (Lipinski definition) is 0. The van der Waals surface area contributed by atoms with Crippen molar-refractivity contribution in [3.63, 3.8) is 0 Å². The lowest BCUT2D eigenvalue weighted by Gasteiger charge is -2.15. The van der Waals surface area contributed by atoms with Crippen molar-refractivity contribution >= 4 is 75.1 Å². The summed E-state index contributed by atoms with van der Waals surface area (Å²) in [6.07, 6.45) is 0. The van der Waals surface area contributed by atoms with Gasteiger partial charge in [-0.3, -0.25) is 0 Å². The van der Waals surface area contributed by atoms with Gasteiger partial charge in [0.2, 0.25) is 0 Å². The number of aromatic nitrogens is 2. The van der Waals surface area contributed by atoms with Crippen LogP contribution in [0.4, 0.5) is 0 Å². The fourth-order valence-electron chi connectivity index (χ4n) is 7.51. The molecule has 0 unspecified atom stereocenters. The van der Waals surface area contributed by atoms with Crippen LogP contribution >= 0.6 is 11.3 Å². The van der Waals surface area contributed by atoms with Crippen LogP contribution in [0.15, 0.2) is 152 Å². The number of thiophene rings is 1. The Hall–Kier alpha value is -6.15. The number of nitriles is 1. The molecule has 0 atom stereocenters. The van der Waals surface area contributed by atoms with Crippen LogP contribution in [0.25, 0.3) is 86.3 Å². The van der Waals surface area contributed by atoms with Crippen molar-refractivity contribution < 1.29 is 0 Å². The van der Waals surface area contributed by atoms with Gasteiger partial charge in [-0.1, -0.05) is 91.0 Å². The van der Waals surface area contributed by atoms with Crippen LogP contribution in [0.1, 0.15) is 5.56 Å². The highest BCUT2D eigenvalue weighted by Gasteiger charge is 2.20. The summed E-state index contributed by atoms with van der Waals surface area (Å²) in [5, 5.41) is 17.4. The van der Waals surface area contributed by atoms with Crippen LogP contribution in [0.5, 0.6) is 0 Å². The molecule has 10 aromatic rings. The maximum absolute atomic E-state index is 9.98. The number of fused-ring (bicyclic) bond motifs is 10. The van der Waals surface area contributed by atoms with Gasteiger partial charge < -0.3 is 9.13 Å². The van der Waals surface area contributed by atoms with Gasteiger partial charge in [-0.15, -0.1) is 11.3 Å². The molecule has 0 amide bonds. The summed E-state index contributed by atoms with van der Waals surface area (Å²) in [6, 6.07) is 56.4. The first-order chi connectivity index (χ1) is 23.3. The van der Waals surface area contributed by atoms with Crippen LogP contribution in [0.2, 0.25) is 0 Å². The molecule has 7 aromatic carbocycles. The summed E-state index contributed by atoms with van der Waals surface area (Å²) in [7, 11) is 0. The molecule has 3 heterocycles. The summed E-state index contributed by atoms with van der Waals surface area (Å²) >= 11 is 1.85. The Kier molecular flexibility index (Phi) is 5.51. The molecule has 0 saturated carbocycles. The van der Waals surface area contributed by atoms with E-state index in [-0.39, 0.29) is 0 Å². The number of para-hydroxylation sites is 4. The maximum Gasteiger partial charge on any atom is 0.0991 e. The fraction of sp³-hybridized carbons (Fsp3) is 0. The molecule has 3 aromatic heterocycles. The zero-order valence-electron chi connectivity index (χ0n) is 25.2. The van der Waals surface area contributed by atoms with Crippen LogP contribution < -0.4 is 0 Å². The average Bonchev–Trinajstić information content (AvgIpc) is 3.79. The Morgan fingerprint density at radius 2 is 1.11 bits per heavy atom. The molecule has 0 radical (unpaired) electrons. The molecule has 0 aliphatic rings. The van der Waals surface area contributed by atoms with Crippen molar-refractivity contribution in [2.45, 2.75) is 0 Å². The van der Waals surface area contributed by atoms with Crippen LogP contribution in [0, 0.1) is 11.3 Å². The zero-order valence-corrected chi connectivity index (χ0v) is 26.0. The molecule has 4 heteroatoms. The van der Waals surface area contributed by atoms with E-state index in [0.717, 1.165) is 33.5 Å². The lowest BCUT2D eigenvalue weighted by molar-refractivity contribution is 1.18. The highest BCUT2D eigenvalue weighted by molar-refractivity contribution is 7.26. The van der Waals surface area contributed by atoms with Gasteiger partial charge in [-0.25, -0.2) is 0 Å². The van der Waals surface area contributed by atoms with Crippen LogP contribution in [-0.4, -0.2) is 9.13 Å². The van der Waals surface area contributed by atoms with Crippen molar-refractivity contribution in [2.75, 3.05) is 0 Å². The third kappa shape index (κ3) is 3.72. The molecule has 0 saturated heterocycles. The van der Waals surface area contributed by atoms with Gasteiger partial charge in [0, 0.05) is 48.3 Å². The smallest absolute Gasteiger partial charge is 0.0991 e. The second kappa shape index (κ2) is 9.92. The highest BCUT2D eigenvalue weighted by Crippen LogP contribution is 2.45. The Morgan fingerprint density at radius 1 is 0.489 bits per heavy atom. The van der Waals surface area contributed by atoms with E-state index in [1.54, 1.807) is 0 Å². The van der Waals surface area contributed by atoms with E-state index in [4.69, 9.17) is 0 Å². The normalized spacial score (nSPS) is 11.8. The molecular formula is C43H25N3S. The predicted molar refractivity (Wildman–Crippen MR) is 198 cm³/mol. The first-order valence-electron chi connectivity index (χ1n) is 15.8. The SMILES string of the molecule is N#Cc1ccc(-n2c3ccccc3c3ccccc32)c(-c2ccc3sc4c(ccc5c6ccccc6n(-c6ccccc6)c54)c3c2)c1. The molecule has 218 valence electrons. The number of hydrogen-bond acceptors (Lipinski definition) is 2. The van der Waals surface area contributed by atoms with Crippen molar-refractivity contribution in [1.29, 1.82) is 5.26 Å². The van der Waals surface area contributed by atoms with Gasteiger partial charge in [-0.2, -0.15) is 5.26 Å². The van der Waals surface area contributed by atoms with E-state index in [1.165, 1.54) is 52.8 Å². The zero-order chi connectivity index (χ0) is 31.1. The van der Waals surface area contributed by atoms with Crippen molar-refractivity contribution in [3.8, 4) is 28.6 Å². The number of nitrogens with zero attached hydrogens (tertiary/aromatic N) is 3. The van der Waals surface area contributed by atoms with Crippen LogP contribution in [-0.2, 0) is 0 Å². The first kappa shape index (κ1) is 26.1. The van der Waals surface area contributed by atoms with Gasteiger partial charge in [0.25, 0.3) is 0 Å². The van der Waals surface area contributed by atoms with E-state index >= 15 is 0 Å². The van der Waals surface area contributed by atoms with E-state index in [2.05, 4.69) is 155 Å². The Morgan fingerprint density at radius 3 is 1.81 bits per heavy atom. The molecule has 0 aliphatic carbocycles. The first-order valence-corrected chi connectivity index (χ1v) is 16.6. The molecule has 0 N–H and O–H groups in total. The molecule has 0 fully saturated rings. The lowest BCUT2D eigenvalue weighted by Crippen LogP contribution is -1.98. The van der Waals surface area contributed by atoms with E-state index in [9.17, 15) is 5.26 Å². The molecule has 47 heavy (non-hydrogen) atoms. The van der Waals surface area contributed by atoms with Crippen LogP contribution in [0.3, 0.4) is 0 Å². The van der Waals surface area contributed by atoms with Crippen molar-refractivity contribution in [1.82, 2.24) is 9.13 Å². The molecule has 10 rings (SSSR count). The summed E-state index contributed by atoms with van der Waals surface area (Å²) in [4.78, 5) is 0. The topological polar surface area (TPSA) is 33.6 Å². The molecule has 0 aliphatic heterocycles.